The van der Waals surface area contributed by atoms with Crippen molar-refractivity contribution in [2.75, 3.05) is 0 Å². The number of amides is 1. The zero-order chi connectivity index (χ0) is 14.5. The van der Waals surface area contributed by atoms with Gasteiger partial charge < -0.3 is 19.6 Å². The second kappa shape index (κ2) is 6.56. The molecule has 6 nitrogen and oxygen atoms in total. The van der Waals surface area contributed by atoms with Gasteiger partial charge in [-0.3, -0.25) is 4.79 Å². The van der Waals surface area contributed by atoms with Crippen LogP contribution in [0.3, 0.4) is 0 Å². The van der Waals surface area contributed by atoms with E-state index in [1.54, 1.807) is 6.07 Å². The Morgan fingerprint density at radius 3 is 2.80 bits per heavy atom. The number of carbonyl (C=O) groups excluding carboxylic acids is 1. The van der Waals surface area contributed by atoms with Crippen molar-refractivity contribution in [1.29, 1.82) is 0 Å². The minimum absolute atomic E-state index is 0.0820. The third-order valence-electron chi connectivity index (χ3n) is 3.35. The summed E-state index contributed by atoms with van der Waals surface area (Å²) in [6, 6.07) is 2.92. The van der Waals surface area contributed by atoms with Gasteiger partial charge in [-0.15, -0.1) is 0 Å². The zero-order valence-corrected chi connectivity index (χ0v) is 11.4. The molecule has 0 unspecified atom stereocenters. The maximum atomic E-state index is 11.7. The number of carboxylic acids is 1. The fourth-order valence-electron chi connectivity index (χ4n) is 2.25. The number of hydrogen-bond acceptors (Lipinski definition) is 4. The van der Waals surface area contributed by atoms with Gasteiger partial charge in [0.15, 0.2) is 0 Å². The Kier molecular flexibility index (Phi) is 4.79. The first kappa shape index (κ1) is 14.6. The molecular weight excluding hydrogens is 262 g/mol. The van der Waals surface area contributed by atoms with E-state index in [4.69, 9.17) is 14.3 Å². The summed E-state index contributed by atoms with van der Waals surface area (Å²) in [4.78, 5) is 22.3. The molecule has 0 aliphatic carbocycles. The van der Waals surface area contributed by atoms with Gasteiger partial charge in [-0.1, -0.05) is 0 Å². The van der Waals surface area contributed by atoms with E-state index in [1.165, 1.54) is 6.07 Å². The van der Waals surface area contributed by atoms with Crippen LogP contribution >= 0.6 is 0 Å². The van der Waals surface area contributed by atoms with Crippen LogP contribution in [0.15, 0.2) is 16.5 Å². The molecule has 0 bridgehead atoms. The van der Waals surface area contributed by atoms with Crippen molar-refractivity contribution in [3.05, 3.63) is 23.7 Å². The third-order valence-corrected chi connectivity index (χ3v) is 3.35. The molecule has 20 heavy (non-hydrogen) atoms. The second-order valence-corrected chi connectivity index (χ2v) is 5.03. The molecule has 2 N–H and O–H groups in total. The Morgan fingerprint density at radius 2 is 2.20 bits per heavy atom. The predicted octanol–water partition coefficient (Wildman–Crippen LogP) is 1.94. The van der Waals surface area contributed by atoms with Gasteiger partial charge in [-0.05, 0) is 38.3 Å². The first-order valence-electron chi connectivity index (χ1n) is 6.78. The molecule has 110 valence electrons. The molecule has 6 heteroatoms. The van der Waals surface area contributed by atoms with Crippen LogP contribution in [0.5, 0.6) is 0 Å². The first-order chi connectivity index (χ1) is 9.54. The van der Waals surface area contributed by atoms with Crippen LogP contribution in [-0.2, 0) is 16.1 Å². The lowest BCUT2D eigenvalue weighted by Crippen LogP contribution is -2.23. The Morgan fingerprint density at radius 1 is 1.40 bits per heavy atom. The van der Waals surface area contributed by atoms with E-state index in [2.05, 4.69) is 5.32 Å². The summed E-state index contributed by atoms with van der Waals surface area (Å²) in [7, 11) is 0. The summed E-state index contributed by atoms with van der Waals surface area (Å²) in [5.41, 5.74) is 0. The van der Waals surface area contributed by atoms with E-state index in [-0.39, 0.29) is 24.3 Å². The molecule has 2 rings (SSSR count). The number of carbonyl (C=O) groups is 2. The van der Waals surface area contributed by atoms with Crippen LogP contribution in [0.4, 0.5) is 0 Å². The molecule has 1 fully saturated rings. The number of aromatic carboxylic acids is 1. The molecule has 1 saturated heterocycles. The molecule has 0 saturated carbocycles. The fourth-order valence-corrected chi connectivity index (χ4v) is 2.25. The van der Waals surface area contributed by atoms with Crippen LogP contribution in [0.1, 0.15) is 48.9 Å². The monoisotopic (exact) mass is 281 g/mol. The Hall–Kier alpha value is -1.82. The van der Waals surface area contributed by atoms with E-state index in [9.17, 15) is 9.59 Å². The quantitative estimate of drug-likeness (QED) is 0.831. The van der Waals surface area contributed by atoms with Gasteiger partial charge in [0.1, 0.15) is 5.76 Å². The van der Waals surface area contributed by atoms with Gasteiger partial charge in [0.05, 0.1) is 18.8 Å². The zero-order valence-electron chi connectivity index (χ0n) is 11.4. The highest BCUT2D eigenvalue weighted by atomic mass is 16.5. The number of hydrogen-bond donors (Lipinski definition) is 2. The summed E-state index contributed by atoms with van der Waals surface area (Å²) >= 11 is 0. The van der Waals surface area contributed by atoms with Gasteiger partial charge >= 0.3 is 5.97 Å². The maximum absolute atomic E-state index is 11.7. The van der Waals surface area contributed by atoms with Crippen molar-refractivity contribution in [3.63, 3.8) is 0 Å². The molecule has 0 radical (unpaired) electrons. The third kappa shape index (κ3) is 4.09. The topological polar surface area (TPSA) is 88.8 Å². The van der Waals surface area contributed by atoms with Crippen molar-refractivity contribution in [1.82, 2.24) is 5.32 Å². The Bertz CT molecular complexity index is 482. The molecular formula is C14H19NO5. The van der Waals surface area contributed by atoms with Gasteiger partial charge in [-0.25, -0.2) is 4.79 Å². The lowest BCUT2D eigenvalue weighted by Gasteiger charge is -2.10. The number of nitrogens with one attached hydrogen (secondary N) is 1. The summed E-state index contributed by atoms with van der Waals surface area (Å²) in [6.45, 7) is 2.24. The van der Waals surface area contributed by atoms with Crippen molar-refractivity contribution >= 4 is 11.9 Å². The van der Waals surface area contributed by atoms with Crippen LogP contribution in [0.25, 0.3) is 0 Å². The van der Waals surface area contributed by atoms with E-state index in [0.717, 1.165) is 12.8 Å². The van der Waals surface area contributed by atoms with Crippen molar-refractivity contribution in [2.45, 2.75) is 51.4 Å². The van der Waals surface area contributed by atoms with Crippen LogP contribution < -0.4 is 5.32 Å². The number of ether oxygens (including phenoxy) is 1. The summed E-state index contributed by atoms with van der Waals surface area (Å²) in [5.74, 6) is -0.888. The molecule has 1 aromatic heterocycles. The summed E-state index contributed by atoms with van der Waals surface area (Å²) < 4.78 is 10.7. The highest BCUT2D eigenvalue weighted by molar-refractivity contribution is 5.84. The largest absolute Gasteiger partial charge is 0.475 e. The van der Waals surface area contributed by atoms with Crippen molar-refractivity contribution < 1.29 is 23.8 Å². The minimum Gasteiger partial charge on any atom is -0.475 e. The van der Waals surface area contributed by atoms with Gasteiger partial charge in [0.2, 0.25) is 11.7 Å². The van der Waals surface area contributed by atoms with Crippen LogP contribution in [0, 0.1) is 0 Å². The average Bonchev–Trinajstić information content (AvgIpc) is 3.03. The minimum atomic E-state index is -1.12. The number of furan rings is 1. The Labute approximate surface area is 117 Å². The van der Waals surface area contributed by atoms with Gasteiger partial charge in [0.25, 0.3) is 0 Å². The molecule has 1 aliphatic rings. The Balaban J connectivity index is 1.68. The molecule has 1 amide bonds. The van der Waals surface area contributed by atoms with Crippen LogP contribution in [0.2, 0.25) is 0 Å². The highest BCUT2D eigenvalue weighted by Gasteiger charge is 2.22. The van der Waals surface area contributed by atoms with Crippen LogP contribution in [-0.4, -0.2) is 29.2 Å². The van der Waals surface area contributed by atoms with E-state index >= 15 is 0 Å². The second-order valence-electron chi connectivity index (χ2n) is 5.03. The molecule has 0 spiro atoms. The summed E-state index contributed by atoms with van der Waals surface area (Å²) in [5, 5.41) is 11.4. The lowest BCUT2D eigenvalue weighted by molar-refractivity contribution is -0.122. The summed E-state index contributed by atoms with van der Waals surface area (Å²) in [6.07, 6.45) is 3.66. The number of carboxylic acid groups (broad SMARTS) is 1. The molecule has 1 aromatic rings. The van der Waals surface area contributed by atoms with Crippen molar-refractivity contribution in [2.24, 2.45) is 0 Å². The normalized spacial score (nSPS) is 21.9. The predicted molar refractivity (Wildman–Crippen MR) is 70.3 cm³/mol. The SMILES string of the molecule is C[C@@H]1CC[C@H](CCC(=O)NCc2ccc(C(=O)O)o2)O1. The first-order valence-corrected chi connectivity index (χ1v) is 6.78. The fraction of sp³-hybridized carbons (Fsp3) is 0.571. The molecule has 1 aliphatic heterocycles. The van der Waals surface area contributed by atoms with Gasteiger partial charge in [0, 0.05) is 6.42 Å². The maximum Gasteiger partial charge on any atom is 0.371 e. The smallest absolute Gasteiger partial charge is 0.371 e. The van der Waals surface area contributed by atoms with E-state index in [1.807, 2.05) is 6.92 Å². The van der Waals surface area contributed by atoms with Crippen molar-refractivity contribution in [3.8, 4) is 0 Å². The van der Waals surface area contributed by atoms with E-state index < -0.39 is 5.97 Å². The highest BCUT2D eigenvalue weighted by Crippen LogP contribution is 2.22. The lowest BCUT2D eigenvalue weighted by atomic mass is 10.1. The number of rotatable bonds is 6. The molecule has 2 heterocycles. The van der Waals surface area contributed by atoms with Gasteiger partial charge in [-0.2, -0.15) is 0 Å². The van der Waals surface area contributed by atoms with E-state index in [0.29, 0.717) is 24.7 Å². The molecule has 2 atom stereocenters. The average molecular weight is 281 g/mol. The standard InChI is InChI=1S/C14H19NO5/c1-9-2-3-10(19-9)5-7-13(16)15-8-11-4-6-12(20-11)14(17)18/h4,6,9-10H,2-3,5,7-8H2,1H3,(H,15,16)(H,17,18)/t9-,10-/m1/s1. The molecule has 0 aromatic carbocycles.